The van der Waals surface area contributed by atoms with Crippen molar-refractivity contribution in [1.82, 2.24) is 5.32 Å². The third-order valence-electron chi connectivity index (χ3n) is 2.67. The molecule has 0 atom stereocenters. The Bertz CT molecular complexity index is 458. The van der Waals surface area contributed by atoms with E-state index in [0.717, 1.165) is 24.6 Å². The van der Waals surface area contributed by atoms with E-state index in [-0.39, 0.29) is 0 Å². The van der Waals surface area contributed by atoms with Crippen molar-refractivity contribution in [2.24, 2.45) is 5.92 Å². The number of nitrogens with one attached hydrogen (secondary N) is 1. The first-order chi connectivity index (χ1) is 9.67. The molecule has 0 saturated carbocycles. The molecule has 0 saturated heterocycles. The van der Waals surface area contributed by atoms with Gasteiger partial charge in [-0.3, -0.25) is 0 Å². The van der Waals surface area contributed by atoms with Crippen LogP contribution in [0.1, 0.15) is 33.3 Å². The van der Waals surface area contributed by atoms with Crippen molar-refractivity contribution in [2.45, 2.75) is 34.2 Å². The molecule has 0 aliphatic rings. The Hall–Kier alpha value is -1.66. The molecule has 0 spiro atoms. The molecular formula is C17H25NO2. The zero-order chi connectivity index (χ0) is 14.8. The Labute approximate surface area is 122 Å². The summed E-state index contributed by atoms with van der Waals surface area (Å²) < 4.78 is 11.2. The Morgan fingerprint density at radius 3 is 2.65 bits per heavy atom. The highest BCUT2D eigenvalue weighted by molar-refractivity contribution is 5.43. The van der Waals surface area contributed by atoms with Crippen LogP contribution in [0.2, 0.25) is 0 Å². The van der Waals surface area contributed by atoms with Gasteiger partial charge >= 0.3 is 0 Å². The van der Waals surface area contributed by atoms with Gasteiger partial charge in [0.15, 0.2) is 11.5 Å². The van der Waals surface area contributed by atoms with Gasteiger partial charge < -0.3 is 14.8 Å². The molecule has 0 bridgehead atoms. The number of rotatable bonds is 8. The SMILES string of the molecule is CC#CCOc1ccc(CNCC(C)C)cc1OCC. The largest absolute Gasteiger partial charge is 0.490 e. The second-order valence-electron chi connectivity index (χ2n) is 4.95. The van der Waals surface area contributed by atoms with Crippen LogP contribution in [0.4, 0.5) is 0 Å². The van der Waals surface area contributed by atoms with Crippen LogP contribution in [0, 0.1) is 17.8 Å². The Morgan fingerprint density at radius 2 is 2.00 bits per heavy atom. The third kappa shape index (κ3) is 5.99. The van der Waals surface area contributed by atoms with Gasteiger partial charge in [-0.1, -0.05) is 25.8 Å². The minimum absolute atomic E-state index is 0.390. The quantitative estimate of drug-likeness (QED) is 0.739. The highest BCUT2D eigenvalue weighted by Gasteiger charge is 2.06. The molecule has 3 nitrogen and oxygen atoms in total. The van der Waals surface area contributed by atoms with E-state index in [1.54, 1.807) is 6.92 Å². The number of ether oxygens (including phenoxy) is 2. The van der Waals surface area contributed by atoms with Crippen molar-refractivity contribution in [1.29, 1.82) is 0 Å². The van der Waals surface area contributed by atoms with Crippen LogP contribution in [0.5, 0.6) is 11.5 Å². The standard InChI is InChI=1S/C17H25NO2/c1-5-7-10-20-16-9-8-15(11-17(16)19-6-2)13-18-12-14(3)4/h8-9,11,14,18H,6,10,12-13H2,1-4H3. The lowest BCUT2D eigenvalue weighted by atomic mass is 10.2. The van der Waals surface area contributed by atoms with Gasteiger partial charge in [0, 0.05) is 6.54 Å². The Balaban J connectivity index is 2.69. The monoisotopic (exact) mass is 275 g/mol. The Morgan fingerprint density at radius 1 is 1.20 bits per heavy atom. The van der Waals surface area contributed by atoms with Crippen LogP contribution in [0.15, 0.2) is 18.2 Å². The molecular weight excluding hydrogens is 250 g/mol. The van der Waals surface area contributed by atoms with E-state index in [4.69, 9.17) is 9.47 Å². The average molecular weight is 275 g/mol. The van der Waals surface area contributed by atoms with Gasteiger partial charge in [0.25, 0.3) is 0 Å². The molecule has 0 unspecified atom stereocenters. The summed E-state index contributed by atoms with van der Waals surface area (Å²) >= 11 is 0. The predicted octanol–water partition coefficient (Wildman–Crippen LogP) is 3.23. The molecule has 0 amide bonds. The van der Waals surface area contributed by atoms with Crippen LogP contribution in [-0.4, -0.2) is 19.8 Å². The van der Waals surface area contributed by atoms with E-state index in [0.29, 0.717) is 19.1 Å². The second kappa shape index (κ2) is 9.28. The highest BCUT2D eigenvalue weighted by Crippen LogP contribution is 2.28. The molecule has 0 aromatic heterocycles. The topological polar surface area (TPSA) is 30.5 Å². The summed E-state index contributed by atoms with van der Waals surface area (Å²) in [5.74, 6) is 7.89. The predicted molar refractivity (Wildman–Crippen MR) is 83.1 cm³/mol. The minimum Gasteiger partial charge on any atom is -0.490 e. The summed E-state index contributed by atoms with van der Waals surface area (Å²) in [6, 6.07) is 6.05. The molecule has 3 heteroatoms. The lowest BCUT2D eigenvalue weighted by Gasteiger charge is -2.13. The smallest absolute Gasteiger partial charge is 0.162 e. The molecule has 110 valence electrons. The van der Waals surface area contributed by atoms with Crippen molar-refractivity contribution >= 4 is 0 Å². The Kier molecular flexibility index (Phi) is 7.60. The van der Waals surface area contributed by atoms with E-state index >= 15 is 0 Å². The van der Waals surface area contributed by atoms with Gasteiger partial charge in [0.05, 0.1) is 6.61 Å². The van der Waals surface area contributed by atoms with Crippen LogP contribution in [0.3, 0.4) is 0 Å². The van der Waals surface area contributed by atoms with Gasteiger partial charge in [-0.25, -0.2) is 0 Å². The van der Waals surface area contributed by atoms with Crippen LogP contribution in [0.25, 0.3) is 0 Å². The summed E-state index contributed by atoms with van der Waals surface area (Å²) in [6.45, 7) is 11.0. The maximum atomic E-state index is 5.63. The van der Waals surface area contributed by atoms with Crippen molar-refractivity contribution in [2.75, 3.05) is 19.8 Å². The first kappa shape index (κ1) is 16.4. The minimum atomic E-state index is 0.390. The maximum absolute atomic E-state index is 5.63. The van der Waals surface area contributed by atoms with Gasteiger partial charge in [-0.2, -0.15) is 0 Å². The van der Waals surface area contributed by atoms with Gasteiger partial charge in [0.1, 0.15) is 6.61 Å². The van der Waals surface area contributed by atoms with Gasteiger partial charge in [-0.05, 0) is 44.0 Å². The van der Waals surface area contributed by atoms with Crippen molar-refractivity contribution in [3.8, 4) is 23.3 Å². The number of hydrogen-bond acceptors (Lipinski definition) is 3. The molecule has 1 aromatic carbocycles. The third-order valence-corrected chi connectivity index (χ3v) is 2.67. The number of benzene rings is 1. The number of hydrogen-bond donors (Lipinski definition) is 1. The molecule has 0 radical (unpaired) electrons. The molecule has 0 aliphatic heterocycles. The first-order valence-electron chi connectivity index (χ1n) is 7.16. The normalized spacial score (nSPS) is 10.1. The van der Waals surface area contributed by atoms with Gasteiger partial charge in [0.2, 0.25) is 0 Å². The van der Waals surface area contributed by atoms with E-state index in [2.05, 4.69) is 37.1 Å². The second-order valence-corrected chi connectivity index (χ2v) is 4.95. The van der Waals surface area contributed by atoms with E-state index < -0.39 is 0 Å². The van der Waals surface area contributed by atoms with E-state index in [9.17, 15) is 0 Å². The van der Waals surface area contributed by atoms with Crippen LogP contribution >= 0.6 is 0 Å². The zero-order valence-electron chi connectivity index (χ0n) is 13.0. The molecule has 1 N–H and O–H groups in total. The zero-order valence-corrected chi connectivity index (χ0v) is 13.0. The molecule has 0 fully saturated rings. The van der Waals surface area contributed by atoms with Crippen molar-refractivity contribution < 1.29 is 9.47 Å². The van der Waals surface area contributed by atoms with E-state index in [1.807, 2.05) is 19.1 Å². The van der Waals surface area contributed by atoms with Gasteiger partial charge in [-0.15, -0.1) is 5.92 Å². The highest BCUT2D eigenvalue weighted by atomic mass is 16.5. The van der Waals surface area contributed by atoms with Crippen LogP contribution in [-0.2, 0) is 6.54 Å². The van der Waals surface area contributed by atoms with Crippen molar-refractivity contribution in [3.05, 3.63) is 23.8 Å². The average Bonchev–Trinajstić information content (AvgIpc) is 2.41. The summed E-state index contributed by atoms with van der Waals surface area (Å²) in [4.78, 5) is 0. The van der Waals surface area contributed by atoms with Crippen molar-refractivity contribution in [3.63, 3.8) is 0 Å². The fourth-order valence-electron chi connectivity index (χ4n) is 1.74. The summed E-state index contributed by atoms with van der Waals surface area (Å²) in [6.07, 6.45) is 0. The molecule has 0 heterocycles. The molecule has 1 aromatic rings. The summed E-state index contributed by atoms with van der Waals surface area (Å²) in [5, 5.41) is 3.42. The van der Waals surface area contributed by atoms with E-state index in [1.165, 1.54) is 5.56 Å². The van der Waals surface area contributed by atoms with Crippen LogP contribution < -0.4 is 14.8 Å². The fraction of sp³-hybridized carbons (Fsp3) is 0.529. The molecule has 20 heavy (non-hydrogen) atoms. The fourth-order valence-corrected chi connectivity index (χ4v) is 1.74. The molecule has 1 rings (SSSR count). The molecule has 0 aliphatic carbocycles. The maximum Gasteiger partial charge on any atom is 0.162 e. The summed E-state index contributed by atoms with van der Waals surface area (Å²) in [7, 11) is 0. The summed E-state index contributed by atoms with van der Waals surface area (Å²) in [5.41, 5.74) is 1.20. The lowest BCUT2D eigenvalue weighted by molar-refractivity contribution is 0.299. The lowest BCUT2D eigenvalue weighted by Crippen LogP contribution is -2.19. The first-order valence-corrected chi connectivity index (χ1v) is 7.16.